The molecule has 0 spiro atoms. The quantitative estimate of drug-likeness (QED) is 0.771. The molecule has 0 saturated heterocycles. The van der Waals surface area contributed by atoms with E-state index in [0.29, 0.717) is 0 Å². The van der Waals surface area contributed by atoms with Crippen LogP contribution in [0.25, 0.3) is 0 Å². The van der Waals surface area contributed by atoms with Crippen molar-refractivity contribution in [3.8, 4) is 0 Å². The topological polar surface area (TPSA) is 15.3 Å². The van der Waals surface area contributed by atoms with Crippen LogP contribution in [0.3, 0.4) is 0 Å². The molecule has 0 aromatic heterocycles. The van der Waals surface area contributed by atoms with Gasteiger partial charge in [0.2, 0.25) is 0 Å². The highest BCUT2D eigenvalue weighted by Crippen LogP contribution is 2.22. The molecule has 0 radical (unpaired) electrons. The van der Waals surface area contributed by atoms with Crippen molar-refractivity contribution in [1.29, 1.82) is 0 Å². The largest absolute Gasteiger partial charge is 0.312 e. The Balaban J connectivity index is 1.71. The standard InChI is InChI=1S/C19H32N2/c1-3-21(4-2)16-19-12-10-18(11-13-19)15-20-14-17-8-6-5-7-9-17/h10-13,17,20H,3-9,14-16H2,1-2H3. The Morgan fingerprint density at radius 3 is 2.19 bits per heavy atom. The van der Waals surface area contributed by atoms with Crippen LogP contribution < -0.4 is 5.32 Å². The Kier molecular flexibility index (Phi) is 7.25. The summed E-state index contributed by atoms with van der Waals surface area (Å²) in [5.41, 5.74) is 2.84. The van der Waals surface area contributed by atoms with Gasteiger partial charge in [-0.15, -0.1) is 0 Å². The van der Waals surface area contributed by atoms with Gasteiger partial charge in [-0.25, -0.2) is 0 Å². The first-order chi connectivity index (χ1) is 10.3. The number of hydrogen-bond acceptors (Lipinski definition) is 2. The molecule has 0 atom stereocenters. The van der Waals surface area contributed by atoms with Crippen LogP contribution in [0.15, 0.2) is 24.3 Å². The summed E-state index contributed by atoms with van der Waals surface area (Å²) >= 11 is 0. The molecule has 0 unspecified atom stereocenters. The van der Waals surface area contributed by atoms with Crippen LogP contribution in [-0.4, -0.2) is 24.5 Å². The van der Waals surface area contributed by atoms with E-state index in [9.17, 15) is 0 Å². The maximum absolute atomic E-state index is 3.64. The third kappa shape index (κ3) is 5.80. The first-order valence-corrected chi connectivity index (χ1v) is 8.82. The molecule has 2 rings (SSSR count). The van der Waals surface area contributed by atoms with Crippen LogP contribution in [0, 0.1) is 5.92 Å². The molecule has 1 aliphatic carbocycles. The van der Waals surface area contributed by atoms with Crippen LogP contribution >= 0.6 is 0 Å². The van der Waals surface area contributed by atoms with Crippen molar-refractivity contribution in [2.45, 2.75) is 59.0 Å². The minimum atomic E-state index is 0.917. The second-order valence-electron chi connectivity index (χ2n) is 6.41. The van der Waals surface area contributed by atoms with Crippen LogP contribution in [-0.2, 0) is 13.1 Å². The van der Waals surface area contributed by atoms with E-state index in [0.717, 1.165) is 32.1 Å². The molecular formula is C19H32N2. The van der Waals surface area contributed by atoms with Gasteiger partial charge in [-0.05, 0) is 49.5 Å². The van der Waals surface area contributed by atoms with Crippen molar-refractivity contribution in [3.05, 3.63) is 35.4 Å². The van der Waals surface area contributed by atoms with Crippen LogP contribution in [0.5, 0.6) is 0 Å². The minimum absolute atomic E-state index is 0.917. The van der Waals surface area contributed by atoms with Crippen LogP contribution in [0.4, 0.5) is 0 Å². The zero-order valence-corrected chi connectivity index (χ0v) is 13.9. The van der Waals surface area contributed by atoms with Gasteiger partial charge in [-0.1, -0.05) is 57.4 Å². The minimum Gasteiger partial charge on any atom is -0.312 e. The third-order valence-electron chi connectivity index (χ3n) is 4.81. The number of rotatable bonds is 8. The fourth-order valence-corrected chi connectivity index (χ4v) is 3.28. The predicted molar refractivity (Wildman–Crippen MR) is 91.3 cm³/mol. The number of nitrogens with zero attached hydrogens (tertiary/aromatic N) is 1. The van der Waals surface area contributed by atoms with Crippen LogP contribution in [0.1, 0.15) is 57.1 Å². The molecular weight excluding hydrogens is 256 g/mol. The summed E-state index contributed by atoms with van der Waals surface area (Å²) < 4.78 is 0. The van der Waals surface area contributed by atoms with Gasteiger partial charge in [-0.3, -0.25) is 4.90 Å². The van der Waals surface area contributed by atoms with E-state index in [2.05, 4.69) is 48.3 Å². The lowest BCUT2D eigenvalue weighted by atomic mass is 9.89. The van der Waals surface area contributed by atoms with Gasteiger partial charge in [0, 0.05) is 13.1 Å². The maximum Gasteiger partial charge on any atom is 0.0233 e. The normalized spacial score (nSPS) is 16.5. The lowest BCUT2D eigenvalue weighted by Gasteiger charge is -2.22. The second-order valence-corrected chi connectivity index (χ2v) is 6.41. The number of nitrogens with one attached hydrogen (secondary N) is 1. The Bertz CT molecular complexity index is 375. The highest BCUT2D eigenvalue weighted by atomic mass is 15.1. The SMILES string of the molecule is CCN(CC)Cc1ccc(CNCC2CCCCC2)cc1. The smallest absolute Gasteiger partial charge is 0.0233 e. The third-order valence-corrected chi connectivity index (χ3v) is 4.81. The van der Waals surface area contributed by atoms with Crippen LogP contribution in [0.2, 0.25) is 0 Å². The zero-order valence-electron chi connectivity index (χ0n) is 13.9. The predicted octanol–water partition coefficient (Wildman–Crippen LogP) is 4.20. The monoisotopic (exact) mass is 288 g/mol. The molecule has 1 fully saturated rings. The van der Waals surface area contributed by atoms with Crippen molar-refractivity contribution >= 4 is 0 Å². The van der Waals surface area contributed by atoms with Gasteiger partial charge in [0.05, 0.1) is 0 Å². The molecule has 1 aliphatic rings. The van der Waals surface area contributed by atoms with Gasteiger partial charge in [0.25, 0.3) is 0 Å². The number of hydrogen-bond donors (Lipinski definition) is 1. The van der Waals surface area contributed by atoms with Gasteiger partial charge >= 0.3 is 0 Å². The van der Waals surface area contributed by atoms with E-state index in [1.165, 1.54) is 49.8 Å². The molecule has 0 aliphatic heterocycles. The molecule has 1 saturated carbocycles. The summed E-state index contributed by atoms with van der Waals surface area (Å²) in [4.78, 5) is 2.45. The van der Waals surface area contributed by atoms with Crippen molar-refractivity contribution < 1.29 is 0 Å². The molecule has 1 aromatic carbocycles. The fraction of sp³-hybridized carbons (Fsp3) is 0.684. The van der Waals surface area contributed by atoms with E-state index in [1.54, 1.807) is 0 Å². The summed E-state index contributed by atoms with van der Waals surface area (Å²) in [5.74, 6) is 0.917. The molecule has 21 heavy (non-hydrogen) atoms. The lowest BCUT2D eigenvalue weighted by molar-refractivity contribution is 0.296. The first-order valence-electron chi connectivity index (χ1n) is 8.82. The maximum atomic E-state index is 3.64. The summed E-state index contributed by atoms with van der Waals surface area (Å²) in [6.07, 6.45) is 7.18. The summed E-state index contributed by atoms with van der Waals surface area (Å²) in [6.45, 7) is 9.99. The van der Waals surface area contributed by atoms with Crippen molar-refractivity contribution in [2.75, 3.05) is 19.6 Å². The Morgan fingerprint density at radius 1 is 0.952 bits per heavy atom. The van der Waals surface area contributed by atoms with E-state index >= 15 is 0 Å². The molecule has 0 amide bonds. The molecule has 2 nitrogen and oxygen atoms in total. The zero-order chi connectivity index (χ0) is 14.9. The van der Waals surface area contributed by atoms with Crippen molar-refractivity contribution in [2.24, 2.45) is 5.92 Å². The van der Waals surface area contributed by atoms with Gasteiger partial charge in [0.15, 0.2) is 0 Å². The Hall–Kier alpha value is -0.860. The summed E-state index contributed by atoms with van der Waals surface area (Å²) in [7, 11) is 0. The molecule has 0 heterocycles. The van der Waals surface area contributed by atoms with Crippen molar-refractivity contribution in [3.63, 3.8) is 0 Å². The van der Waals surface area contributed by atoms with Crippen molar-refractivity contribution in [1.82, 2.24) is 10.2 Å². The lowest BCUT2D eigenvalue weighted by Crippen LogP contribution is -2.24. The Morgan fingerprint density at radius 2 is 1.57 bits per heavy atom. The van der Waals surface area contributed by atoms with E-state index in [4.69, 9.17) is 0 Å². The van der Waals surface area contributed by atoms with E-state index < -0.39 is 0 Å². The molecule has 2 heteroatoms. The van der Waals surface area contributed by atoms with Gasteiger partial charge < -0.3 is 5.32 Å². The second kappa shape index (κ2) is 9.22. The number of benzene rings is 1. The summed E-state index contributed by atoms with van der Waals surface area (Å²) in [5, 5.41) is 3.64. The van der Waals surface area contributed by atoms with E-state index in [-0.39, 0.29) is 0 Å². The highest BCUT2D eigenvalue weighted by Gasteiger charge is 2.12. The van der Waals surface area contributed by atoms with Gasteiger partial charge in [0.1, 0.15) is 0 Å². The summed E-state index contributed by atoms with van der Waals surface area (Å²) in [6, 6.07) is 9.14. The molecule has 0 bridgehead atoms. The highest BCUT2D eigenvalue weighted by molar-refractivity contribution is 5.22. The first kappa shape index (κ1) is 16.5. The fourth-order valence-electron chi connectivity index (χ4n) is 3.28. The molecule has 1 N–H and O–H groups in total. The average molecular weight is 288 g/mol. The van der Waals surface area contributed by atoms with Gasteiger partial charge in [-0.2, -0.15) is 0 Å². The average Bonchev–Trinajstić information content (AvgIpc) is 2.55. The van der Waals surface area contributed by atoms with E-state index in [1.807, 2.05) is 0 Å². The molecule has 118 valence electrons. The molecule has 1 aromatic rings. The Labute approximate surface area is 130 Å².